The van der Waals surface area contributed by atoms with Crippen molar-refractivity contribution in [2.24, 2.45) is 11.7 Å². The lowest BCUT2D eigenvalue weighted by atomic mass is 10.1. The van der Waals surface area contributed by atoms with E-state index in [0.29, 0.717) is 12.0 Å². The highest BCUT2D eigenvalue weighted by molar-refractivity contribution is 5.44. The first-order valence-corrected chi connectivity index (χ1v) is 5.46. The van der Waals surface area contributed by atoms with Gasteiger partial charge in [-0.05, 0) is 32.7 Å². The van der Waals surface area contributed by atoms with Crippen LogP contribution in [0.3, 0.4) is 0 Å². The average Bonchev–Trinajstić information content (AvgIpc) is 2.60. The van der Waals surface area contributed by atoms with Gasteiger partial charge in [-0.3, -0.25) is 4.98 Å². The number of aromatic nitrogens is 2. The summed E-state index contributed by atoms with van der Waals surface area (Å²) >= 11 is 0. The van der Waals surface area contributed by atoms with E-state index >= 15 is 0 Å². The third-order valence-corrected chi connectivity index (χ3v) is 3.12. The maximum Gasteiger partial charge on any atom is 0.150 e. The number of hydrogen-bond acceptors (Lipinski definition) is 4. The average molecular weight is 206 g/mol. The molecule has 0 spiro atoms. The van der Waals surface area contributed by atoms with E-state index in [2.05, 4.69) is 21.8 Å². The Bertz CT molecular complexity index is 339. The third kappa shape index (κ3) is 1.95. The quantitative estimate of drug-likeness (QED) is 0.783. The topological polar surface area (TPSA) is 55.0 Å². The van der Waals surface area contributed by atoms with Crippen LogP contribution in [0.15, 0.2) is 12.4 Å². The normalized spacial score (nSPS) is 25.9. The minimum absolute atomic E-state index is 0.522. The molecule has 0 amide bonds. The lowest BCUT2D eigenvalue weighted by molar-refractivity contribution is 0.579. The number of aryl methyl sites for hydroxylation is 1. The highest BCUT2D eigenvalue weighted by Crippen LogP contribution is 2.27. The Morgan fingerprint density at radius 3 is 2.80 bits per heavy atom. The Hall–Kier alpha value is -1.16. The summed E-state index contributed by atoms with van der Waals surface area (Å²) in [4.78, 5) is 11.0. The molecule has 0 bridgehead atoms. The van der Waals surface area contributed by atoms with Crippen LogP contribution in [0.5, 0.6) is 0 Å². The molecule has 2 heterocycles. The monoisotopic (exact) mass is 206 g/mol. The summed E-state index contributed by atoms with van der Waals surface area (Å²) in [5.41, 5.74) is 6.71. The molecule has 1 saturated heterocycles. The summed E-state index contributed by atoms with van der Waals surface area (Å²) in [6, 6.07) is 0.522. The van der Waals surface area contributed by atoms with Gasteiger partial charge in [-0.2, -0.15) is 0 Å². The molecule has 1 aliphatic heterocycles. The van der Waals surface area contributed by atoms with Crippen molar-refractivity contribution in [3.8, 4) is 0 Å². The van der Waals surface area contributed by atoms with Gasteiger partial charge in [-0.15, -0.1) is 0 Å². The number of nitrogens with two attached hydrogens (primary N) is 1. The zero-order valence-electron chi connectivity index (χ0n) is 9.35. The Labute approximate surface area is 90.5 Å². The van der Waals surface area contributed by atoms with E-state index in [4.69, 9.17) is 5.73 Å². The van der Waals surface area contributed by atoms with Gasteiger partial charge in [0.15, 0.2) is 0 Å². The Morgan fingerprint density at radius 1 is 1.47 bits per heavy atom. The highest BCUT2D eigenvalue weighted by atomic mass is 15.2. The number of anilines is 1. The summed E-state index contributed by atoms with van der Waals surface area (Å²) < 4.78 is 0. The molecule has 2 rings (SSSR count). The molecule has 82 valence electrons. The van der Waals surface area contributed by atoms with Crippen LogP contribution in [0.2, 0.25) is 0 Å². The first kappa shape index (κ1) is 10.4. The van der Waals surface area contributed by atoms with E-state index in [9.17, 15) is 0 Å². The van der Waals surface area contributed by atoms with Crippen LogP contribution >= 0.6 is 0 Å². The number of rotatable bonds is 2. The number of nitrogens with zero attached hydrogens (tertiary/aromatic N) is 3. The molecule has 2 atom stereocenters. The fourth-order valence-electron chi connectivity index (χ4n) is 2.29. The molecule has 1 aromatic rings. The van der Waals surface area contributed by atoms with Crippen LogP contribution in [0.1, 0.15) is 19.0 Å². The molecule has 4 nitrogen and oxygen atoms in total. The van der Waals surface area contributed by atoms with Crippen LogP contribution in [0.4, 0.5) is 5.82 Å². The van der Waals surface area contributed by atoms with E-state index in [0.717, 1.165) is 31.0 Å². The van der Waals surface area contributed by atoms with Gasteiger partial charge in [0.1, 0.15) is 5.82 Å². The van der Waals surface area contributed by atoms with Gasteiger partial charge in [0.2, 0.25) is 0 Å². The molecule has 2 unspecified atom stereocenters. The maximum atomic E-state index is 5.71. The molecular weight excluding hydrogens is 188 g/mol. The van der Waals surface area contributed by atoms with Gasteiger partial charge < -0.3 is 10.6 Å². The van der Waals surface area contributed by atoms with Crippen molar-refractivity contribution in [1.82, 2.24) is 9.97 Å². The SMILES string of the molecule is Cc1nccnc1N1CC(CN)CC1C. The largest absolute Gasteiger partial charge is 0.352 e. The smallest absolute Gasteiger partial charge is 0.150 e. The van der Waals surface area contributed by atoms with E-state index in [1.165, 1.54) is 0 Å². The Balaban J connectivity index is 2.21. The summed E-state index contributed by atoms with van der Waals surface area (Å²) in [5, 5.41) is 0. The first-order valence-electron chi connectivity index (χ1n) is 5.46. The van der Waals surface area contributed by atoms with Crippen LogP contribution in [0, 0.1) is 12.8 Å². The summed E-state index contributed by atoms with van der Waals surface area (Å²) in [6.45, 7) is 6.01. The van der Waals surface area contributed by atoms with Gasteiger partial charge in [0.05, 0.1) is 5.69 Å². The van der Waals surface area contributed by atoms with Gasteiger partial charge >= 0.3 is 0 Å². The summed E-state index contributed by atoms with van der Waals surface area (Å²) in [6.07, 6.45) is 4.65. The van der Waals surface area contributed by atoms with E-state index in [1.807, 2.05) is 6.92 Å². The third-order valence-electron chi connectivity index (χ3n) is 3.12. The summed E-state index contributed by atoms with van der Waals surface area (Å²) in [5.74, 6) is 1.61. The molecule has 1 aromatic heterocycles. The van der Waals surface area contributed by atoms with Crippen molar-refractivity contribution in [1.29, 1.82) is 0 Å². The number of hydrogen-bond donors (Lipinski definition) is 1. The molecule has 15 heavy (non-hydrogen) atoms. The van der Waals surface area contributed by atoms with Gasteiger partial charge in [-0.1, -0.05) is 0 Å². The molecular formula is C11H18N4. The molecule has 2 N–H and O–H groups in total. The zero-order chi connectivity index (χ0) is 10.8. The van der Waals surface area contributed by atoms with Crippen molar-refractivity contribution in [3.05, 3.63) is 18.1 Å². The van der Waals surface area contributed by atoms with Gasteiger partial charge in [0.25, 0.3) is 0 Å². The van der Waals surface area contributed by atoms with Crippen molar-refractivity contribution in [2.75, 3.05) is 18.0 Å². The second-order valence-corrected chi connectivity index (χ2v) is 4.30. The second kappa shape index (κ2) is 4.14. The molecule has 1 aliphatic rings. The van der Waals surface area contributed by atoms with Crippen molar-refractivity contribution < 1.29 is 0 Å². The van der Waals surface area contributed by atoms with Crippen LogP contribution in [-0.4, -0.2) is 29.1 Å². The van der Waals surface area contributed by atoms with E-state index in [1.54, 1.807) is 12.4 Å². The standard InChI is InChI=1S/C11H18N4/c1-8-5-10(6-12)7-15(8)11-9(2)13-3-4-14-11/h3-4,8,10H,5-7,12H2,1-2H3. The van der Waals surface area contributed by atoms with Crippen LogP contribution in [0.25, 0.3) is 0 Å². The minimum atomic E-state index is 0.522. The molecule has 4 heteroatoms. The van der Waals surface area contributed by atoms with Gasteiger partial charge in [-0.25, -0.2) is 4.98 Å². The predicted octanol–water partition coefficient (Wildman–Crippen LogP) is 0.959. The molecule has 1 fully saturated rings. The Kier molecular flexibility index (Phi) is 2.86. The second-order valence-electron chi connectivity index (χ2n) is 4.30. The lowest BCUT2D eigenvalue weighted by Crippen LogP contribution is -2.29. The van der Waals surface area contributed by atoms with Gasteiger partial charge in [0, 0.05) is 25.0 Å². The van der Waals surface area contributed by atoms with Crippen LogP contribution in [-0.2, 0) is 0 Å². The highest BCUT2D eigenvalue weighted by Gasteiger charge is 2.29. The van der Waals surface area contributed by atoms with Crippen molar-refractivity contribution in [2.45, 2.75) is 26.3 Å². The minimum Gasteiger partial charge on any atom is -0.352 e. The predicted molar refractivity (Wildman–Crippen MR) is 60.7 cm³/mol. The maximum absolute atomic E-state index is 5.71. The van der Waals surface area contributed by atoms with Crippen molar-refractivity contribution >= 4 is 5.82 Å². The lowest BCUT2D eigenvalue weighted by Gasteiger charge is -2.23. The molecule has 0 aliphatic carbocycles. The molecule has 0 aromatic carbocycles. The van der Waals surface area contributed by atoms with Crippen LogP contribution < -0.4 is 10.6 Å². The summed E-state index contributed by atoms with van der Waals surface area (Å²) in [7, 11) is 0. The van der Waals surface area contributed by atoms with E-state index in [-0.39, 0.29) is 0 Å². The molecule has 0 radical (unpaired) electrons. The zero-order valence-corrected chi connectivity index (χ0v) is 9.35. The molecule has 0 saturated carbocycles. The Morgan fingerprint density at radius 2 is 2.20 bits per heavy atom. The van der Waals surface area contributed by atoms with Crippen molar-refractivity contribution in [3.63, 3.8) is 0 Å². The fraction of sp³-hybridized carbons (Fsp3) is 0.636. The first-order chi connectivity index (χ1) is 7.22. The fourth-order valence-corrected chi connectivity index (χ4v) is 2.29. The van der Waals surface area contributed by atoms with E-state index < -0.39 is 0 Å².